The van der Waals surface area contributed by atoms with Crippen molar-refractivity contribution < 1.29 is 18.1 Å². The Morgan fingerprint density at radius 3 is 2.81 bits per heavy atom. The number of anilines is 1. The first-order valence-corrected chi connectivity index (χ1v) is 10.7. The van der Waals surface area contributed by atoms with Crippen LogP contribution in [0.15, 0.2) is 29.6 Å². The second kappa shape index (κ2) is 8.86. The van der Waals surface area contributed by atoms with E-state index in [9.17, 15) is 23.3 Å². The molecule has 140 valence electrons. The van der Waals surface area contributed by atoms with Crippen LogP contribution >= 0.6 is 11.3 Å². The molecule has 0 atom stereocenters. The number of carbonyl (C=O) groups excluding carboxylic acids is 1. The highest BCUT2D eigenvalue weighted by Crippen LogP contribution is 2.27. The van der Waals surface area contributed by atoms with Crippen molar-refractivity contribution in [3.63, 3.8) is 0 Å². The van der Waals surface area contributed by atoms with E-state index in [-0.39, 0.29) is 16.6 Å². The number of non-ortho nitro benzene ring substituents is 1. The minimum atomic E-state index is -3.44. The molecule has 0 unspecified atom stereocenters. The molecule has 0 aliphatic heterocycles. The summed E-state index contributed by atoms with van der Waals surface area (Å²) in [6.07, 6.45) is 2.25. The number of hydrogen-bond acceptors (Lipinski definition) is 7. The van der Waals surface area contributed by atoms with Crippen LogP contribution in [-0.2, 0) is 14.6 Å². The van der Waals surface area contributed by atoms with Gasteiger partial charge in [0.25, 0.3) is 5.69 Å². The Bertz CT molecular complexity index is 893. The molecule has 0 bridgehead atoms. The van der Waals surface area contributed by atoms with Crippen LogP contribution in [0.3, 0.4) is 0 Å². The summed E-state index contributed by atoms with van der Waals surface area (Å²) >= 11 is 1.13. The number of sulfone groups is 1. The highest BCUT2D eigenvalue weighted by Gasteiger charge is 2.18. The van der Waals surface area contributed by atoms with Gasteiger partial charge in [0.1, 0.15) is 5.75 Å². The van der Waals surface area contributed by atoms with E-state index in [1.165, 1.54) is 12.1 Å². The van der Waals surface area contributed by atoms with Crippen LogP contribution < -0.4 is 5.32 Å². The lowest BCUT2D eigenvalue weighted by Gasteiger charge is -2.04. The molecule has 1 amide bonds. The average molecular weight is 397 g/mol. The van der Waals surface area contributed by atoms with Gasteiger partial charge in [-0.15, -0.1) is 11.3 Å². The molecule has 1 aromatic heterocycles. The number of carbonyl (C=O) groups is 1. The molecule has 0 saturated carbocycles. The van der Waals surface area contributed by atoms with Crippen molar-refractivity contribution in [2.75, 3.05) is 16.8 Å². The summed E-state index contributed by atoms with van der Waals surface area (Å²) in [5.41, 5.74) is 0.960. The minimum Gasteiger partial charge on any atom is -0.301 e. The number of benzene rings is 1. The van der Waals surface area contributed by atoms with E-state index in [1.807, 2.05) is 6.92 Å². The predicted octanol–water partition coefficient (Wildman–Crippen LogP) is 3.26. The molecule has 26 heavy (non-hydrogen) atoms. The van der Waals surface area contributed by atoms with Crippen LogP contribution in [0.5, 0.6) is 0 Å². The Labute approximate surface area is 155 Å². The average Bonchev–Trinajstić information content (AvgIpc) is 3.02. The van der Waals surface area contributed by atoms with Gasteiger partial charge < -0.3 is 5.32 Å². The van der Waals surface area contributed by atoms with Gasteiger partial charge in [-0.3, -0.25) is 14.9 Å². The van der Waals surface area contributed by atoms with E-state index in [4.69, 9.17) is 0 Å². The fourth-order valence-electron chi connectivity index (χ4n) is 2.24. The van der Waals surface area contributed by atoms with Crippen molar-refractivity contribution in [3.05, 3.63) is 39.8 Å². The van der Waals surface area contributed by atoms with E-state index in [1.54, 1.807) is 17.5 Å². The van der Waals surface area contributed by atoms with E-state index < -0.39 is 26.4 Å². The zero-order chi connectivity index (χ0) is 19.2. The third-order valence-electron chi connectivity index (χ3n) is 3.51. The third-order valence-corrected chi connectivity index (χ3v) is 5.88. The lowest BCUT2D eigenvalue weighted by atomic mass is 10.1. The van der Waals surface area contributed by atoms with Gasteiger partial charge in [0.05, 0.1) is 16.4 Å². The molecule has 0 radical (unpaired) electrons. The van der Waals surface area contributed by atoms with Crippen molar-refractivity contribution >= 4 is 37.9 Å². The monoisotopic (exact) mass is 397 g/mol. The summed E-state index contributed by atoms with van der Waals surface area (Å²) in [4.78, 5) is 26.5. The third kappa shape index (κ3) is 5.88. The molecule has 1 N–H and O–H groups in total. The van der Waals surface area contributed by atoms with Crippen molar-refractivity contribution in [2.45, 2.75) is 26.2 Å². The minimum absolute atomic E-state index is 0.00887. The first kappa shape index (κ1) is 20.0. The van der Waals surface area contributed by atoms with Crippen molar-refractivity contribution in [1.29, 1.82) is 0 Å². The van der Waals surface area contributed by atoms with Gasteiger partial charge in [-0.25, -0.2) is 13.4 Å². The maximum Gasteiger partial charge on any atom is 0.270 e. The zero-order valence-electron chi connectivity index (χ0n) is 14.2. The Hall–Kier alpha value is -2.33. The second-order valence-electron chi connectivity index (χ2n) is 5.69. The molecule has 0 aliphatic carbocycles. The highest BCUT2D eigenvalue weighted by atomic mass is 32.2. The molecule has 1 heterocycles. The standard InChI is InChI=1S/C16H19N3O5S2/c1-2-3-4-8-26(23,24)11-15(20)18-16-17-14(10-25-16)12-6-5-7-13(9-12)19(21)22/h5-7,9-10H,2-4,8,11H2,1H3,(H,17,18,20). The molecule has 8 nitrogen and oxygen atoms in total. The summed E-state index contributed by atoms with van der Waals surface area (Å²) in [5, 5.41) is 15.2. The lowest BCUT2D eigenvalue weighted by molar-refractivity contribution is -0.384. The molecule has 1 aromatic carbocycles. The smallest absolute Gasteiger partial charge is 0.270 e. The Kier molecular flexibility index (Phi) is 6.81. The first-order valence-electron chi connectivity index (χ1n) is 8.01. The van der Waals surface area contributed by atoms with E-state index in [0.29, 0.717) is 17.7 Å². The number of unbranched alkanes of at least 4 members (excludes halogenated alkanes) is 2. The molecular weight excluding hydrogens is 378 g/mol. The molecule has 0 fully saturated rings. The number of hydrogen-bond donors (Lipinski definition) is 1. The largest absolute Gasteiger partial charge is 0.301 e. The summed E-state index contributed by atoms with van der Waals surface area (Å²) in [7, 11) is -3.44. The first-order chi connectivity index (χ1) is 12.3. The molecule has 0 spiro atoms. The molecule has 2 rings (SSSR count). The van der Waals surface area contributed by atoms with Crippen molar-refractivity contribution in [3.8, 4) is 11.3 Å². The zero-order valence-corrected chi connectivity index (χ0v) is 15.8. The number of amides is 1. The number of nitro groups is 1. The predicted molar refractivity (Wildman–Crippen MR) is 101 cm³/mol. The highest BCUT2D eigenvalue weighted by molar-refractivity contribution is 7.92. The normalized spacial score (nSPS) is 11.3. The maximum atomic E-state index is 11.9. The van der Waals surface area contributed by atoms with Gasteiger partial charge in [-0.2, -0.15) is 0 Å². The van der Waals surface area contributed by atoms with Gasteiger partial charge >= 0.3 is 0 Å². The fraction of sp³-hybridized carbons (Fsp3) is 0.375. The molecular formula is C16H19N3O5S2. The van der Waals surface area contributed by atoms with Gasteiger partial charge in [0.2, 0.25) is 5.91 Å². The van der Waals surface area contributed by atoms with Crippen LogP contribution in [0.2, 0.25) is 0 Å². The number of thiazole rings is 1. The van der Waals surface area contributed by atoms with Crippen molar-refractivity contribution in [1.82, 2.24) is 4.98 Å². The fourth-order valence-corrected chi connectivity index (χ4v) is 4.24. The van der Waals surface area contributed by atoms with Gasteiger partial charge in [-0.1, -0.05) is 31.9 Å². The SMILES string of the molecule is CCCCCS(=O)(=O)CC(=O)Nc1nc(-c2cccc([N+](=O)[O-])c2)cs1. The van der Waals surface area contributed by atoms with E-state index >= 15 is 0 Å². The van der Waals surface area contributed by atoms with Crippen molar-refractivity contribution in [2.24, 2.45) is 0 Å². The molecule has 0 aliphatic rings. The number of nitrogens with one attached hydrogen (secondary N) is 1. The van der Waals surface area contributed by atoms with Crippen LogP contribution in [0.4, 0.5) is 10.8 Å². The quantitative estimate of drug-likeness (QED) is 0.394. The summed E-state index contributed by atoms with van der Waals surface area (Å²) < 4.78 is 23.8. The Morgan fingerprint density at radius 2 is 2.12 bits per heavy atom. The van der Waals surface area contributed by atoms with Gasteiger partial charge in [0, 0.05) is 23.1 Å². The molecule has 10 heteroatoms. The second-order valence-corrected chi connectivity index (χ2v) is 8.73. The van der Waals surface area contributed by atoms with Gasteiger partial charge in [-0.05, 0) is 6.42 Å². The summed E-state index contributed by atoms with van der Waals surface area (Å²) in [5.74, 6) is -1.23. The van der Waals surface area contributed by atoms with Gasteiger partial charge in [0.15, 0.2) is 15.0 Å². The topological polar surface area (TPSA) is 119 Å². The number of aromatic nitrogens is 1. The maximum absolute atomic E-state index is 11.9. The number of nitro benzene ring substituents is 1. The Balaban J connectivity index is 2.01. The summed E-state index contributed by atoms with van der Waals surface area (Å²) in [6, 6.07) is 5.99. The number of rotatable bonds is 9. The van der Waals surface area contributed by atoms with Crippen LogP contribution in [0, 0.1) is 10.1 Å². The summed E-state index contributed by atoms with van der Waals surface area (Å²) in [6.45, 7) is 1.97. The van der Waals surface area contributed by atoms with Crippen LogP contribution in [0.25, 0.3) is 11.3 Å². The van der Waals surface area contributed by atoms with Crippen LogP contribution in [-0.4, -0.2) is 35.7 Å². The molecule has 2 aromatic rings. The lowest BCUT2D eigenvalue weighted by Crippen LogP contribution is -2.24. The van der Waals surface area contributed by atoms with E-state index in [0.717, 1.165) is 24.2 Å². The Morgan fingerprint density at radius 1 is 1.35 bits per heavy atom. The van der Waals surface area contributed by atoms with E-state index in [2.05, 4.69) is 10.3 Å². The van der Waals surface area contributed by atoms with Crippen LogP contribution in [0.1, 0.15) is 26.2 Å². The molecule has 0 saturated heterocycles. The number of nitrogens with zero attached hydrogens (tertiary/aromatic N) is 2.